The quantitative estimate of drug-likeness (QED) is 0.137. The normalized spacial score (nSPS) is 23.9. The van der Waals surface area contributed by atoms with Crippen molar-refractivity contribution < 1.29 is 19.7 Å². The number of aliphatic hydroxyl groups excluding tert-OH is 2. The summed E-state index contributed by atoms with van der Waals surface area (Å²) in [6.07, 6.45) is 5.92. The first kappa shape index (κ1) is 49.9. The summed E-state index contributed by atoms with van der Waals surface area (Å²) in [6, 6.07) is 33.8. The third kappa shape index (κ3) is 13.8. The van der Waals surface area contributed by atoms with Crippen LogP contribution < -0.4 is 9.47 Å². The molecule has 0 spiro atoms. The van der Waals surface area contributed by atoms with Gasteiger partial charge in [0.05, 0.1) is 12.2 Å². The van der Waals surface area contributed by atoms with Gasteiger partial charge in [-0.05, 0) is 112 Å². The molecule has 4 aromatic carbocycles. The second-order valence-electron chi connectivity index (χ2n) is 19.6. The predicted molar refractivity (Wildman–Crippen MR) is 263 cm³/mol. The number of ether oxygens (including phenoxy) is 2. The molecule has 0 aromatic heterocycles. The molecular weight excluding hydrogens is 818 g/mol. The van der Waals surface area contributed by atoms with Crippen molar-refractivity contribution in [3.05, 3.63) is 130 Å². The van der Waals surface area contributed by atoms with Gasteiger partial charge < -0.3 is 24.6 Å². The topological polar surface area (TPSA) is 75.1 Å². The number of hydrogen-bond acceptors (Lipinski definition) is 9. The van der Waals surface area contributed by atoms with E-state index in [9.17, 15) is 10.2 Å². The van der Waals surface area contributed by atoms with Gasteiger partial charge in [-0.1, -0.05) is 113 Å². The molecule has 4 aromatic rings. The maximum atomic E-state index is 11.0. The molecule has 5 atom stereocenters. The first-order valence-electron chi connectivity index (χ1n) is 23.6. The predicted octanol–water partition coefficient (Wildman–Crippen LogP) is 9.11. The van der Waals surface area contributed by atoms with Crippen LogP contribution in [0, 0.1) is 0 Å². The van der Waals surface area contributed by atoms with Crippen molar-refractivity contribution in [2.24, 2.45) is 0 Å². The Labute approximate surface area is 390 Å². The number of halogens is 1. The summed E-state index contributed by atoms with van der Waals surface area (Å²) in [5.74, 6) is 1.82. The molecule has 0 bridgehead atoms. The van der Waals surface area contributed by atoms with Crippen molar-refractivity contribution in [2.45, 2.75) is 129 Å². The summed E-state index contributed by atoms with van der Waals surface area (Å²) in [4.78, 5) is 12.2. The monoisotopic (exact) mass is 896 g/mol. The van der Waals surface area contributed by atoms with Crippen LogP contribution in [-0.2, 0) is 31.7 Å². The fourth-order valence-corrected chi connectivity index (χ4v) is 10.2. The summed E-state index contributed by atoms with van der Waals surface area (Å²) in [7, 11) is 4.29. The molecule has 3 heterocycles. The highest BCUT2D eigenvalue weighted by Crippen LogP contribution is 2.34. The van der Waals surface area contributed by atoms with E-state index < -0.39 is 0 Å². The molecule has 64 heavy (non-hydrogen) atoms. The fourth-order valence-electron chi connectivity index (χ4n) is 9.98. The lowest BCUT2D eigenvalue weighted by molar-refractivity contribution is 0.0224. The van der Waals surface area contributed by atoms with Crippen LogP contribution in [-0.4, -0.2) is 131 Å². The maximum Gasteiger partial charge on any atom is 0.124 e. The molecule has 3 saturated heterocycles. The molecule has 2 unspecified atom stereocenters. The van der Waals surface area contributed by atoms with Gasteiger partial charge in [0.1, 0.15) is 24.7 Å². The average molecular weight is 897 g/mol. The van der Waals surface area contributed by atoms with Crippen LogP contribution in [0.1, 0.15) is 94.5 Å². The first-order chi connectivity index (χ1) is 30.4. The van der Waals surface area contributed by atoms with Crippen LogP contribution in [0.2, 0.25) is 5.02 Å². The van der Waals surface area contributed by atoms with Crippen molar-refractivity contribution in [1.29, 1.82) is 0 Å². The Hall–Kier alpha value is -3.51. The van der Waals surface area contributed by atoms with Crippen molar-refractivity contribution in [3.63, 3.8) is 0 Å². The van der Waals surface area contributed by atoms with Gasteiger partial charge in [0.25, 0.3) is 0 Å². The van der Waals surface area contributed by atoms with Gasteiger partial charge in [-0.3, -0.25) is 19.6 Å². The third-order valence-electron chi connectivity index (χ3n) is 13.9. The Morgan fingerprint density at radius 2 is 1.23 bits per heavy atom. The number of likely N-dealkylation sites (N-methyl/N-ethyl adjacent to an activating group) is 2. The van der Waals surface area contributed by atoms with E-state index in [1.54, 1.807) is 0 Å². The van der Waals surface area contributed by atoms with Gasteiger partial charge in [0, 0.05) is 86.6 Å². The molecule has 0 amide bonds. The highest BCUT2D eigenvalue weighted by atomic mass is 35.5. The molecular formula is C54H78ClN5O4. The number of piperazine rings is 1. The number of rotatable bonds is 13. The lowest BCUT2D eigenvalue weighted by Gasteiger charge is -2.39. The van der Waals surface area contributed by atoms with E-state index >= 15 is 0 Å². The van der Waals surface area contributed by atoms with Crippen molar-refractivity contribution in [1.82, 2.24) is 24.5 Å². The van der Waals surface area contributed by atoms with E-state index in [0.29, 0.717) is 30.8 Å². The Morgan fingerprint density at radius 3 is 1.86 bits per heavy atom. The minimum absolute atomic E-state index is 0. The number of hydrogen-bond donors (Lipinski definition) is 2. The van der Waals surface area contributed by atoms with Crippen LogP contribution in [0.5, 0.6) is 11.5 Å². The van der Waals surface area contributed by atoms with E-state index in [-0.39, 0.29) is 37.1 Å². The van der Waals surface area contributed by atoms with E-state index in [0.717, 1.165) is 107 Å². The standard InChI is InChI=1S/C29H43N3O2.C24H31ClN2O2.CH4/c1-29(2,3)25-10-11-28(34-22-23-8-6-5-7-9-23)24(20-25)21-31-14-12-26(27(33)13-15-31)32-18-16-30(4)17-19-32;1-26(21-10-11-22(24(21)28)27-13-5-6-14-27)16-19-15-20(25)9-12-23(19)29-17-18-7-3-2-4-8-18;/h5-11,20,26-27,33H,12-19,21-22H2,1-4H3;2-4,7-9,12,15,21-22,24,28H,5-6,10-11,13-14,16-17H2,1H3;1H4/t26?,27-;21?,22-,24-;/m01./s1. The smallest absolute Gasteiger partial charge is 0.124 e. The fraction of sp³-hybridized carbons (Fsp3) is 0.556. The highest BCUT2D eigenvalue weighted by molar-refractivity contribution is 6.30. The largest absolute Gasteiger partial charge is 0.489 e. The number of benzene rings is 4. The molecule has 0 radical (unpaired) electrons. The second-order valence-corrected chi connectivity index (χ2v) is 20.0. The zero-order chi connectivity index (χ0) is 44.3. The minimum Gasteiger partial charge on any atom is -0.489 e. The molecule has 1 aliphatic carbocycles. The Bertz CT molecular complexity index is 1980. The molecule has 4 aliphatic rings. The van der Waals surface area contributed by atoms with E-state index in [1.165, 1.54) is 29.5 Å². The Morgan fingerprint density at radius 1 is 0.656 bits per heavy atom. The second kappa shape index (κ2) is 23.8. The van der Waals surface area contributed by atoms with E-state index in [4.69, 9.17) is 21.1 Å². The summed E-state index contributed by atoms with van der Waals surface area (Å²) >= 11 is 6.28. The van der Waals surface area contributed by atoms with Crippen molar-refractivity contribution >= 4 is 11.6 Å². The van der Waals surface area contributed by atoms with Gasteiger partial charge in [-0.25, -0.2) is 0 Å². The summed E-state index contributed by atoms with van der Waals surface area (Å²) in [5.41, 5.74) is 6.06. The molecule has 1 saturated carbocycles. The lowest BCUT2D eigenvalue weighted by Crippen LogP contribution is -2.52. The van der Waals surface area contributed by atoms with E-state index in [2.05, 4.69) is 114 Å². The van der Waals surface area contributed by atoms with Crippen LogP contribution >= 0.6 is 11.6 Å². The summed E-state index contributed by atoms with van der Waals surface area (Å²) < 4.78 is 12.4. The molecule has 350 valence electrons. The van der Waals surface area contributed by atoms with Crippen LogP contribution in [0.4, 0.5) is 0 Å². The number of aliphatic hydroxyl groups is 2. The minimum atomic E-state index is -0.300. The summed E-state index contributed by atoms with van der Waals surface area (Å²) in [6.45, 7) is 17.9. The lowest BCUT2D eigenvalue weighted by atomic mass is 9.86. The zero-order valence-electron chi connectivity index (χ0n) is 38.7. The molecule has 9 nitrogen and oxygen atoms in total. The Kier molecular flexibility index (Phi) is 18.6. The van der Waals surface area contributed by atoms with Crippen molar-refractivity contribution in [3.8, 4) is 11.5 Å². The molecule has 3 aliphatic heterocycles. The molecule has 4 fully saturated rings. The molecule has 8 rings (SSSR count). The van der Waals surface area contributed by atoms with Crippen LogP contribution in [0.15, 0.2) is 97.1 Å². The average Bonchev–Trinajstić information content (AvgIpc) is 3.91. The third-order valence-corrected chi connectivity index (χ3v) is 14.1. The number of likely N-dealkylation sites (tertiary alicyclic amines) is 2. The SMILES string of the molecule is C.CN(Cc1cc(Cl)ccc1OCc1ccccc1)C1CC[C@@H](N2CCCC2)[C@@H]1O.CN1CCN(C2CCN(Cc3cc(C(C)(C)C)ccc3OCc3ccccc3)CC[C@@H]2O)CC1. The van der Waals surface area contributed by atoms with Crippen LogP contribution in [0.25, 0.3) is 0 Å². The molecule has 2 N–H and O–H groups in total. The maximum absolute atomic E-state index is 11.0. The molecule has 10 heteroatoms. The first-order valence-corrected chi connectivity index (χ1v) is 24.0. The van der Waals surface area contributed by atoms with E-state index in [1.807, 2.05) is 42.5 Å². The number of nitrogens with zero attached hydrogens (tertiary/aromatic N) is 5. The summed E-state index contributed by atoms with van der Waals surface area (Å²) in [5, 5.41) is 22.7. The van der Waals surface area contributed by atoms with Gasteiger partial charge in [-0.2, -0.15) is 0 Å². The van der Waals surface area contributed by atoms with Gasteiger partial charge in [-0.15, -0.1) is 0 Å². The van der Waals surface area contributed by atoms with Gasteiger partial charge >= 0.3 is 0 Å². The van der Waals surface area contributed by atoms with Crippen molar-refractivity contribution in [2.75, 3.05) is 66.5 Å². The zero-order valence-corrected chi connectivity index (χ0v) is 39.4. The van der Waals surface area contributed by atoms with Crippen LogP contribution in [0.3, 0.4) is 0 Å². The Balaban J connectivity index is 0.000000212. The van der Waals surface area contributed by atoms with Gasteiger partial charge in [0.15, 0.2) is 0 Å². The van der Waals surface area contributed by atoms with Gasteiger partial charge in [0.2, 0.25) is 0 Å². The highest BCUT2D eigenvalue weighted by Gasteiger charge is 2.41.